The van der Waals surface area contributed by atoms with Gasteiger partial charge >= 0.3 is 0 Å². The standard InChI is InChI=1S/C24H21FN6O2/c1-16-22(27-28-31(16)21-8-4-5-17-15-26-10-9-18(17)21)24(33)30-13-11-29(12-14-30)23(32)19-6-2-3-7-20(19)25/h2-10,15H,11-14H2,1H3. The van der Waals surface area contributed by atoms with E-state index in [0.717, 1.165) is 16.5 Å². The summed E-state index contributed by atoms with van der Waals surface area (Å²) in [4.78, 5) is 33.2. The first-order valence-corrected chi connectivity index (χ1v) is 10.6. The van der Waals surface area contributed by atoms with Crippen molar-refractivity contribution in [3.63, 3.8) is 0 Å². The first kappa shape index (κ1) is 20.7. The molecule has 33 heavy (non-hydrogen) atoms. The van der Waals surface area contributed by atoms with Crippen LogP contribution in [-0.4, -0.2) is 67.8 Å². The van der Waals surface area contributed by atoms with Gasteiger partial charge < -0.3 is 9.80 Å². The molecule has 0 bridgehead atoms. The molecule has 0 aliphatic carbocycles. The quantitative estimate of drug-likeness (QED) is 0.485. The highest BCUT2D eigenvalue weighted by Gasteiger charge is 2.29. The number of benzene rings is 2. The zero-order chi connectivity index (χ0) is 22.9. The van der Waals surface area contributed by atoms with Gasteiger partial charge in [-0.15, -0.1) is 5.10 Å². The number of rotatable bonds is 3. The molecule has 0 spiro atoms. The van der Waals surface area contributed by atoms with E-state index in [9.17, 15) is 14.0 Å². The first-order valence-electron chi connectivity index (χ1n) is 10.6. The molecule has 2 aromatic heterocycles. The van der Waals surface area contributed by atoms with Crippen molar-refractivity contribution in [2.45, 2.75) is 6.92 Å². The molecule has 3 heterocycles. The van der Waals surface area contributed by atoms with E-state index in [-0.39, 0.29) is 23.1 Å². The van der Waals surface area contributed by atoms with Crippen LogP contribution in [0.15, 0.2) is 60.9 Å². The number of amides is 2. The summed E-state index contributed by atoms with van der Waals surface area (Å²) < 4.78 is 15.6. The Morgan fingerprint density at radius 2 is 1.64 bits per heavy atom. The second-order valence-corrected chi connectivity index (χ2v) is 7.87. The van der Waals surface area contributed by atoms with E-state index >= 15 is 0 Å². The summed E-state index contributed by atoms with van der Waals surface area (Å²) in [5, 5.41) is 10.3. The molecule has 1 saturated heterocycles. The van der Waals surface area contributed by atoms with Crippen molar-refractivity contribution in [3.05, 3.63) is 83.7 Å². The lowest BCUT2D eigenvalue weighted by Crippen LogP contribution is -2.50. The second-order valence-electron chi connectivity index (χ2n) is 7.87. The molecule has 2 aromatic carbocycles. The summed E-state index contributed by atoms with van der Waals surface area (Å²) in [6.07, 6.45) is 3.49. The zero-order valence-corrected chi connectivity index (χ0v) is 18.0. The number of piperazine rings is 1. The smallest absolute Gasteiger partial charge is 0.276 e. The van der Waals surface area contributed by atoms with Crippen molar-refractivity contribution in [2.75, 3.05) is 26.2 Å². The summed E-state index contributed by atoms with van der Waals surface area (Å²) in [5.74, 6) is -1.15. The van der Waals surface area contributed by atoms with Crippen molar-refractivity contribution in [1.82, 2.24) is 29.8 Å². The summed E-state index contributed by atoms with van der Waals surface area (Å²) in [7, 11) is 0. The highest BCUT2D eigenvalue weighted by molar-refractivity contribution is 5.96. The van der Waals surface area contributed by atoms with Gasteiger partial charge in [-0.1, -0.05) is 29.5 Å². The molecule has 0 N–H and O–H groups in total. The summed E-state index contributed by atoms with van der Waals surface area (Å²) in [6, 6.07) is 13.6. The molecule has 0 unspecified atom stereocenters. The number of fused-ring (bicyclic) bond motifs is 1. The molecule has 9 heteroatoms. The fourth-order valence-corrected chi connectivity index (χ4v) is 4.11. The summed E-state index contributed by atoms with van der Waals surface area (Å²) >= 11 is 0. The Labute approximate surface area is 189 Å². The minimum absolute atomic E-state index is 0.0429. The Balaban J connectivity index is 1.33. The molecule has 1 aliphatic heterocycles. The van der Waals surface area contributed by atoms with Gasteiger partial charge in [0.05, 0.1) is 16.9 Å². The average molecular weight is 444 g/mol. The number of hydrogen-bond donors (Lipinski definition) is 0. The van der Waals surface area contributed by atoms with Gasteiger partial charge in [0.2, 0.25) is 0 Å². The number of nitrogens with zero attached hydrogens (tertiary/aromatic N) is 6. The van der Waals surface area contributed by atoms with Crippen LogP contribution in [0.1, 0.15) is 26.5 Å². The lowest BCUT2D eigenvalue weighted by atomic mass is 10.1. The Bertz CT molecular complexity index is 1350. The Kier molecular flexibility index (Phi) is 5.29. The molecule has 4 aromatic rings. The Hall–Kier alpha value is -4.14. The zero-order valence-electron chi connectivity index (χ0n) is 18.0. The van der Waals surface area contributed by atoms with Crippen LogP contribution >= 0.6 is 0 Å². The maximum absolute atomic E-state index is 14.0. The van der Waals surface area contributed by atoms with Gasteiger partial charge in [0.25, 0.3) is 11.8 Å². The molecule has 0 atom stereocenters. The minimum Gasteiger partial charge on any atom is -0.335 e. The maximum Gasteiger partial charge on any atom is 0.276 e. The van der Waals surface area contributed by atoms with Gasteiger partial charge in [-0.2, -0.15) is 0 Å². The van der Waals surface area contributed by atoms with Gasteiger partial charge in [0.1, 0.15) is 5.82 Å². The van der Waals surface area contributed by atoms with Crippen molar-refractivity contribution < 1.29 is 14.0 Å². The molecule has 0 saturated carbocycles. The predicted octanol–water partition coefficient (Wildman–Crippen LogP) is 2.86. The van der Waals surface area contributed by atoms with Crippen LogP contribution < -0.4 is 0 Å². The lowest BCUT2D eigenvalue weighted by Gasteiger charge is -2.34. The molecule has 0 radical (unpaired) electrons. The SMILES string of the molecule is Cc1c(C(=O)N2CCN(C(=O)c3ccccc3F)CC2)nnn1-c1cccc2cnccc12. The fraction of sp³-hybridized carbons (Fsp3) is 0.208. The molecule has 8 nitrogen and oxygen atoms in total. The van der Waals surface area contributed by atoms with Crippen molar-refractivity contribution in [1.29, 1.82) is 0 Å². The number of carbonyl (C=O) groups excluding carboxylic acids is 2. The third kappa shape index (κ3) is 3.71. The van der Waals surface area contributed by atoms with Crippen molar-refractivity contribution in [2.24, 2.45) is 0 Å². The van der Waals surface area contributed by atoms with E-state index < -0.39 is 5.82 Å². The highest BCUT2D eigenvalue weighted by Crippen LogP contribution is 2.23. The number of carbonyl (C=O) groups is 2. The van der Waals surface area contributed by atoms with Crippen LogP contribution in [0.2, 0.25) is 0 Å². The minimum atomic E-state index is -0.544. The van der Waals surface area contributed by atoms with E-state index in [2.05, 4.69) is 15.3 Å². The maximum atomic E-state index is 14.0. The fourth-order valence-electron chi connectivity index (χ4n) is 4.11. The molecule has 1 aliphatic rings. The monoisotopic (exact) mass is 444 g/mol. The van der Waals surface area contributed by atoms with Gasteiger partial charge in [-0.25, -0.2) is 9.07 Å². The molecule has 166 valence electrons. The van der Waals surface area contributed by atoms with Crippen molar-refractivity contribution >= 4 is 22.6 Å². The molecule has 2 amide bonds. The largest absolute Gasteiger partial charge is 0.335 e. The Morgan fingerprint density at radius 1 is 0.909 bits per heavy atom. The van der Waals surface area contributed by atoms with Crippen LogP contribution in [0.4, 0.5) is 4.39 Å². The topological polar surface area (TPSA) is 84.2 Å². The van der Waals surface area contributed by atoms with Crippen LogP contribution in [0.25, 0.3) is 16.5 Å². The van der Waals surface area contributed by atoms with Crippen molar-refractivity contribution in [3.8, 4) is 5.69 Å². The average Bonchev–Trinajstić information content (AvgIpc) is 3.24. The van der Waals surface area contributed by atoms with Crippen LogP contribution in [0, 0.1) is 12.7 Å². The first-order chi connectivity index (χ1) is 16.0. The number of halogens is 1. The predicted molar refractivity (Wildman–Crippen MR) is 120 cm³/mol. The second kappa shape index (κ2) is 8.42. The van der Waals surface area contributed by atoms with E-state index in [1.807, 2.05) is 31.2 Å². The highest BCUT2D eigenvalue weighted by atomic mass is 19.1. The van der Waals surface area contributed by atoms with Crippen LogP contribution in [0.3, 0.4) is 0 Å². The normalized spacial score (nSPS) is 14.0. The van der Waals surface area contributed by atoms with Crippen LogP contribution in [-0.2, 0) is 0 Å². The summed E-state index contributed by atoms with van der Waals surface area (Å²) in [5.41, 5.74) is 1.77. The Morgan fingerprint density at radius 3 is 2.39 bits per heavy atom. The lowest BCUT2D eigenvalue weighted by molar-refractivity contribution is 0.0529. The molecular weight excluding hydrogens is 423 g/mol. The van der Waals surface area contributed by atoms with Gasteiger partial charge in [-0.3, -0.25) is 14.6 Å². The molecule has 1 fully saturated rings. The van der Waals surface area contributed by atoms with E-state index in [4.69, 9.17) is 0 Å². The third-order valence-electron chi connectivity index (χ3n) is 5.94. The van der Waals surface area contributed by atoms with E-state index in [1.165, 1.54) is 12.1 Å². The third-order valence-corrected chi connectivity index (χ3v) is 5.94. The van der Waals surface area contributed by atoms with Gasteiger partial charge in [0.15, 0.2) is 5.69 Å². The number of aromatic nitrogens is 4. The number of hydrogen-bond acceptors (Lipinski definition) is 5. The van der Waals surface area contributed by atoms with Crippen LogP contribution in [0.5, 0.6) is 0 Å². The van der Waals surface area contributed by atoms with E-state index in [0.29, 0.717) is 31.9 Å². The number of pyridine rings is 1. The van der Waals surface area contributed by atoms with E-state index in [1.54, 1.807) is 39.0 Å². The van der Waals surface area contributed by atoms with Gasteiger partial charge in [0, 0.05) is 49.3 Å². The summed E-state index contributed by atoms with van der Waals surface area (Å²) in [6.45, 7) is 3.13. The molecular formula is C24H21FN6O2. The molecule has 5 rings (SSSR count). The van der Waals surface area contributed by atoms with Gasteiger partial charge in [-0.05, 0) is 31.2 Å².